The number of hydrogen-bond donors (Lipinski definition) is 1. The number of amides is 1. The first-order valence-corrected chi connectivity index (χ1v) is 9.50. The molecule has 4 heterocycles. The third-order valence-electron chi connectivity index (χ3n) is 6.92. The molecule has 4 fully saturated rings. The highest BCUT2D eigenvalue weighted by Crippen LogP contribution is 2.66. The van der Waals surface area contributed by atoms with Gasteiger partial charge in [-0.05, 0) is 32.0 Å². The van der Waals surface area contributed by atoms with Crippen molar-refractivity contribution in [3.63, 3.8) is 0 Å². The van der Waals surface area contributed by atoms with E-state index in [1.54, 1.807) is 19.9 Å². The number of fused-ring (bicyclic) bond motifs is 2. The van der Waals surface area contributed by atoms with Gasteiger partial charge in [0.25, 0.3) is 0 Å². The van der Waals surface area contributed by atoms with Gasteiger partial charge < -0.3 is 14.6 Å². The van der Waals surface area contributed by atoms with Crippen molar-refractivity contribution >= 4 is 11.6 Å². The summed E-state index contributed by atoms with van der Waals surface area (Å²) in [5.41, 5.74) is -3.39. The van der Waals surface area contributed by atoms with Crippen LogP contribution in [0, 0.1) is 23.2 Å². The molecule has 1 N–H and O–H groups in total. The van der Waals surface area contributed by atoms with Crippen LogP contribution in [0.2, 0.25) is 0 Å². The van der Waals surface area contributed by atoms with Crippen molar-refractivity contribution in [2.75, 3.05) is 4.90 Å². The van der Waals surface area contributed by atoms with Gasteiger partial charge in [0.2, 0.25) is 5.91 Å². The van der Waals surface area contributed by atoms with Gasteiger partial charge >= 0.3 is 6.18 Å². The molecule has 7 atom stereocenters. The van der Waals surface area contributed by atoms with Gasteiger partial charge in [-0.25, -0.2) is 0 Å². The first-order chi connectivity index (χ1) is 13.5. The summed E-state index contributed by atoms with van der Waals surface area (Å²) in [6.45, 7) is 3.57. The average Bonchev–Trinajstić information content (AvgIpc) is 3.16. The molecule has 2 bridgehead atoms. The Labute approximate surface area is 164 Å². The monoisotopic (exact) mass is 408 g/mol. The van der Waals surface area contributed by atoms with Crippen LogP contribution in [0.4, 0.5) is 18.9 Å². The van der Waals surface area contributed by atoms with Crippen LogP contribution in [0.1, 0.15) is 37.8 Å². The van der Waals surface area contributed by atoms with Crippen molar-refractivity contribution in [1.29, 1.82) is 5.26 Å². The fraction of sp³-hybridized carbons (Fsp3) is 0.600. The van der Waals surface area contributed by atoms with E-state index >= 15 is 0 Å². The minimum absolute atomic E-state index is 0.0301. The molecule has 9 heteroatoms. The van der Waals surface area contributed by atoms with Crippen LogP contribution in [-0.4, -0.2) is 40.7 Å². The summed E-state index contributed by atoms with van der Waals surface area (Å²) < 4.78 is 52.6. The number of aliphatic hydroxyl groups excluding tert-OH is 1. The molecule has 0 aromatic heterocycles. The van der Waals surface area contributed by atoms with Gasteiger partial charge in [-0.1, -0.05) is 0 Å². The molecule has 29 heavy (non-hydrogen) atoms. The number of aliphatic hydroxyl groups is 1. The normalized spacial score (nSPS) is 42.9. The number of nitrogens with zero attached hydrogens (tertiary/aromatic N) is 2. The van der Waals surface area contributed by atoms with E-state index in [2.05, 4.69) is 0 Å². The maximum Gasteiger partial charge on any atom is 0.417 e. The lowest BCUT2D eigenvalue weighted by Gasteiger charge is -2.46. The molecule has 0 aliphatic carbocycles. The Balaban J connectivity index is 1.64. The summed E-state index contributed by atoms with van der Waals surface area (Å²) in [7, 11) is 0. The molecule has 1 aromatic rings. The summed E-state index contributed by atoms with van der Waals surface area (Å²) in [4.78, 5) is 14.6. The zero-order chi connectivity index (χ0) is 20.9. The Morgan fingerprint density at radius 3 is 2.72 bits per heavy atom. The van der Waals surface area contributed by atoms with Crippen molar-refractivity contribution in [2.45, 2.75) is 62.5 Å². The highest BCUT2D eigenvalue weighted by Gasteiger charge is 2.78. The van der Waals surface area contributed by atoms with Gasteiger partial charge in [0, 0.05) is 18.5 Å². The standard InChI is InChI=1S/C20H19F3N2O4/c1-9-6-19-13(26)7-18(2,29-19)14-15(19)17(28-9)25(16(14)27)11-4-3-10(8-24)12(5-11)20(21,22)23/h3-5,9,13-15,17,26H,6-7H2,1-2H3/t9-,13-,14+,15-,17-,18+,19-/m0/s1. The Bertz CT molecular complexity index is 960. The number of nitriles is 1. The maximum absolute atomic E-state index is 13.5. The van der Waals surface area contributed by atoms with Crippen LogP contribution in [0.3, 0.4) is 0 Å². The number of rotatable bonds is 1. The van der Waals surface area contributed by atoms with Crippen LogP contribution in [-0.2, 0) is 20.4 Å². The summed E-state index contributed by atoms with van der Waals surface area (Å²) in [5.74, 6) is -1.44. The van der Waals surface area contributed by atoms with Crippen LogP contribution in [0.5, 0.6) is 0 Å². The summed E-state index contributed by atoms with van der Waals surface area (Å²) in [6.07, 6.45) is -5.95. The fourth-order valence-corrected chi connectivity index (χ4v) is 5.98. The first kappa shape index (κ1) is 18.9. The predicted molar refractivity (Wildman–Crippen MR) is 92.4 cm³/mol. The second-order valence-electron chi connectivity index (χ2n) is 8.68. The Kier molecular flexibility index (Phi) is 3.58. The lowest BCUT2D eigenvalue weighted by atomic mass is 9.64. The van der Waals surface area contributed by atoms with Crippen molar-refractivity contribution in [2.24, 2.45) is 11.8 Å². The van der Waals surface area contributed by atoms with Crippen LogP contribution < -0.4 is 4.90 Å². The van der Waals surface area contributed by atoms with E-state index in [0.717, 1.165) is 12.1 Å². The SMILES string of the molecule is C[C@H]1C[C@]23O[C@](C)(C[C@@H]2O)[C@H]2C(=O)N(c4ccc(C#N)c(C(F)(F)F)c4)[C@@H](O1)[C@H]23. The van der Waals surface area contributed by atoms with Gasteiger partial charge in [0.05, 0.1) is 46.8 Å². The maximum atomic E-state index is 13.5. The number of carbonyl (C=O) groups excluding carboxylic acids is 1. The van der Waals surface area contributed by atoms with Gasteiger partial charge in [-0.3, -0.25) is 9.69 Å². The molecule has 4 aliphatic heterocycles. The molecule has 0 saturated carbocycles. The number of benzene rings is 1. The van der Waals surface area contributed by atoms with Crippen molar-refractivity contribution in [3.8, 4) is 6.07 Å². The number of alkyl halides is 3. The number of halogens is 3. The van der Waals surface area contributed by atoms with E-state index in [-0.39, 0.29) is 17.7 Å². The van der Waals surface area contributed by atoms with Gasteiger partial charge in [-0.2, -0.15) is 18.4 Å². The largest absolute Gasteiger partial charge is 0.417 e. The molecule has 1 spiro atoms. The van der Waals surface area contributed by atoms with Crippen LogP contribution >= 0.6 is 0 Å². The molecule has 6 nitrogen and oxygen atoms in total. The topological polar surface area (TPSA) is 82.8 Å². The minimum Gasteiger partial charge on any atom is -0.390 e. The third kappa shape index (κ3) is 2.25. The van der Waals surface area contributed by atoms with E-state index in [4.69, 9.17) is 14.7 Å². The molecule has 1 aromatic carbocycles. The molecule has 4 aliphatic rings. The van der Waals surface area contributed by atoms with Gasteiger partial charge in [-0.15, -0.1) is 0 Å². The lowest BCUT2D eigenvalue weighted by molar-refractivity contribution is -0.186. The van der Waals surface area contributed by atoms with E-state index in [9.17, 15) is 23.1 Å². The molecule has 5 rings (SSSR count). The number of hydrogen-bond acceptors (Lipinski definition) is 5. The van der Waals surface area contributed by atoms with E-state index < -0.39 is 52.7 Å². The smallest absolute Gasteiger partial charge is 0.390 e. The predicted octanol–water partition coefficient (Wildman–Crippen LogP) is 2.58. The highest BCUT2D eigenvalue weighted by atomic mass is 19.4. The second-order valence-corrected chi connectivity index (χ2v) is 8.68. The Morgan fingerprint density at radius 2 is 2.07 bits per heavy atom. The Morgan fingerprint density at radius 1 is 1.34 bits per heavy atom. The molecular weight excluding hydrogens is 389 g/mol. The highest BCUT2D eigenvalue weighted by molar-refractivity contribution is 6.00. The molecule has 0 radical (unpaired) electrons. The molecule has 4 saturated heterocycles. The zero-order valence-electron chi connectivity index (χ0n) is 15.7. The van der Waals surface area contributed by atoms with Crippen LogP contribution in [0.15, 0.2) is 18.2 Å². The zero-order valence-corrected chi connectivity index (χ0v) is 15.7. The van der Waals surface area contributed by atoms with Gasteiger partial charge in [0.1, 0.15) is 11.8 Å². The van der Waals surface area contributed by atoms with Crippen molar-refractivity contribution in [3.05, 3.63) is 29.3 Å². The summed E-state index contributed by atoms with van der Waals surface area (Å²) in [6, 6.07) is 4.79. The van der Waals surface area contributed by atoms with Crippen molar-refractivity contribution < 1.29 is 32.5 Å². The second kappa shape index (κ2) is 5.50. The Hall–Kier alpha value is -2.15. The molecule has 154 valence electrons. The molecule has 1 amide bonds. The van der Waals surface area contributed by atoms with E-state index in [1.165, 1.54) is 11.0 Å². The van der Waals surface area contributed by atoms with Crippen molar-refractivity contribution in [1.82, 2.24) is 0 Å². The number of carbonyl (C=O) groups is 1. The number of anilines is 1. The minimum atomic E-state index is -4.73. The summed E-state index contributed by atoms with van der Waals surface area (Å²) in [5, 5.41) is 19.8. The number of ether oxygens (including phenoxy) is 2. The first-order valence-electron chi connectivity index (χ1n) is 9.50. The lowest BCUT2D eigenvalue weighted by Crippen LogP contribution is -2.58. The summed E-state index contributed by atoms with van der Waals surface area (Å²) >= 11 is 0. The fourth-order valence-electron chi connectivity index (χ4n) is 5.98. The van der Waals surface area contributed by atoms with E-state index in [0.29, 0.717) is 12.8 Å². The quantitative estimate of drug-likeness (QED) is 0.773. The third-order valence-corrected chi connectivity index (χ3v) is 6.92. The average molecular weight is 408 g/mol. The van der Waals surface area contributed by atoms with E-state index in [1.807, 2.05) is 0 Å². The molecular formula is C20H19F3N2O4. The van der Waals surface area contributed by atoms with Crippen LogP contribution in [0.25, 0.3) is 0 Å². The molecule has 0 unspecified atom stereocenters. The van der Waals surface area contributed by atoms with Gasteiger partial charge in [0.15, 0.2) is 0 Å².